The minimum absolute atomic E-state index is 0.0247. The first-order valence-electron chi connectivity index (χ1n) is 6.32. The average molecular weight is 265 g/mol. The summed E-state index contributed by atoms with van der Waals surface area (Å²) in [4.78, 5) is 23.4. The van der Waals surface area contributed by atoms with Gasteiger partial charge in [-0.05, 0) is 12.5 Å². The van der Waals surface area contributed by atoms with Gasteiger partial charge in [-0.1, -0.05) is 43.7 Å². The maximum atomic E-state index is 10.9. The standard InChI is InChI=1S/C12H17N3O2.C2H6/c1-9-3-2-4-10(5-9)6-15(7-11(13)16)8-12(14)17;1-2/h2-5H,6-8H2,1H3,(H2,13,16)(H2,14,17);1-2H3. The van der Waals surface area contributed by atoms with Crippen molar-refractivity contribution in [2.24, 2.45) is 11.5 Å². The fourth-order valence-corrected chi connectivity index (χ4v) is 1.68. The molecule has 0 aliphatic heterocycles. The predicted octanol–water partition coefficient (Wildman–Crippen LogP) is 0.794. The molecule has 0 aromatic heterocycles. The van der Waals surface area contributed by atoms with Crippen molar-refractivity contribution >= 4 is 11.8 Å². The Bertz CT molecular complexity index is 403. The third-order valence-electron chi connectivity index (χ3n) is 2.25. The third-order valence-corrected chi connectivity index (χ3v) is 2.25. The lowest BCUT2D eigenvalue weighted by molar-refractivity contribution is -0.122. The normalized spacial score (nSPS) is 9.68. The van der Waals surface area contributed by atoms with Gasteiger partial charge in [-0.15, -0.1) is 0 Å². The molecule has 1 aromatic carbocycles. The van der Waals surface area contributed by atoms with Crippen LogP contribution in [0, 0.1) is 6.92 Å². The SMILES string of the molecule is CC.Cc1cccc(CN(CC(N)=O)CC(N)=O)c1. The first-order chi connectivity index (χ1) is 8.97. The van der Waals surface area contributed by atoms with Crippen LogP contribution < -0.4 is 11.5 Å². The van der Waals surface area contributed by atoms with Gasteiger partial charge in [0.15, 0.2) is 0 Å². The molecule has 106 valence electrons. The maximum Gasteiger partial charge on any atom is 0.231 e. The van der Waals surface area contributed by atoms with E-state index < -0.39 is 11.8 Å². The number of hydrogen-bond donors (Lipinski definition) is 2. The van der Waals surface area contributed by atoms with Crippen LogP contribution in [0.5, 0.6) is 0 Å². The summed E-state index contributed by atoms with van der Waals surface area (Å²) in [5.74, 6) is -0.946. The van der Waals surface area contributed by atoms with E-state index in [9.17, 15) is 9.59 Å². The van der Waals surface area contributed by atoms with Crippen LogP contribution in [0.2, 0.25) is 0 Å². The van der Waals surface area contributed by atoms with E-state index in [2.05, 4.69) is 0 Å². The third kappa shape index (κ3) is 7.94. The number of hydrogen-bond acceptors (Lipinski definition) is 3. The van der Waals surface area contributed by atoms with E-state index in [1.807, 2.05) is 45.0 Å². The molecule has 0 unspecified atom stereocenters. The largest absolute Gasteiger partial charge is 0.369 e. The Morgan fingerprint density at radius 1 is 1.11 bits per heavy atom. The number of primary amides is 2. The number of rotatable bonds is 6. The number of carbonyl (C=O) groups excluding carboxylic acids is 2. The van der Waals surface area contributed by atoms with E-state index in [-0.39, 0.29) is 13.1 Å². The van der Waals surface area contributed by atoms with Crippen LogP contribution in [-0.4, -0.2) is 29.8 Å². The van der Waals surface area contributed by atoms with Gasteiger partial charge in [0.2, 0.25) is 11.8 Å². The van der Waals surface area contributed by atoms with Crippen molar-refractivity contribution in [3.8, 4) is 0 Å². The molecule has 0 spiro atoms. The molecule has 5 nitrogen and oxygen atoms in total. The van der Waals surface area contributed by atoms with Gasteiger partial charge in [0, 0.05) is 6.54 Å². The summed E-state index contributed by atoms with van der Waals surface area (Å²) in [7, 11) is 0. The van der Waals surface area contributed by atoms with E-state index in [1.54, 1.807) is 4.90 Å². The molecule has 1 aromatic rings. The molecule has 0 saturated carbocycles. The number of carbonyl (C=O) groups is 2. The van der Waals surface area contributed by atoms with Gasteiger partial charge in [-0.25, -0.2) is 0 Å². The number of amides is 2. The van der Waals surface area contributed by atoms with Crippen LogP contribution in [0.15, 0.2) is 24.3 Å². The molecule has 0 bridgehead atoms. The number of aryl methyl sites for hydroxylation is 1. The molecular weight excluding hydrogens is 242 g/mol. The molecule has 4 N–H and O–H groups in total. The molecule has 0 fully saturated rings. The van der Waals surface area contributed by atoms with E-state index in [0.717, 1.165) is 11.1 Å². The topological polar surface area (TPSA) is 89.4 Å². The second kappa shape index (κ2) is 9.10. The number of nitrogens with two attached hydrogens (primary N) is 2. The van der Waals surface area contributed by atoms with Crippen molar-refractivity contribution in [1.82, 2.24) is 4.90 Å². The quantitative estimate of drug-likeness (QED) is 0.797. The van der Waals surface area contributed by atoms with E-state index in [1.165, 1.54) is 0 Å². The van der Waals surface area contributed by atoms with Crippen molar-refractivity contribution in [2.45, 2.75) is 27.3 Å². The zero-order chi connectivity index (χ0) is 14.8. The molecule has 19 heavy (non-hydrogen) atoms. The van der Waals surface area contributed by atoms with Crippen LogP contribution in [-0.2, 0) is 16.1 Å². The highest BCUT2D eigenvalue weighted by Gasteiger charge is 2.11. The second-order valence-electron chi connectivity index (χ2n) is 4.07. The Labute approximate surface area is 114 Å². The first kappa shape index (κ1) is 17.1. The van der Waals surface area contributed by atoms with Crippen LogP contribution >= 0.6 is 0 Å². The van der Waals surface area contributed by atoms with Gasteiger partial charge in [-0.2, -0.15) is 0 Å². The summed E-state index contributed by atoms with van der Waals surface area (Å²) in [6.45, 7) is 6.51. The lowest BCUT2D eigenvalue weighted by Crippen LogP contribution is -2.39. The molecule has 5 heteroatoms. The Morgan fingerprint density at radius 3 is 2.05 bits per heavy atom. The van der Waals surface area contributed by atoms with Gasteiger partial charge in [0.05, 0.1) is 13.1 Å². The summed E-state index contributed by atoms with van der Waals surface area (Å²) in [6, 6.07) is 7.84. The van der Waals surface area contributed by atoms with Gasteiger partial charge >= 0.3 is 0 Å². The summed E-state index contributed by atoms with van der Waals surface area (Å²) in [5.41, 5.74) is 12.4. The second-order valence-corrected chi connectivity index (χ2v) is 4.07. The van der Waals surface area contributed by atoms with Crippen molar-refractivity contribution in [2.75, 3.05) is 13.1 Å². The van der Waals surface area contributed by atoms with Crippen molar-refractivity contribution in [3.63, 3.8) is 0 Å². The zero-order valence-corrected chi connectivity index (χ0v) is 11.8. The van der Waals surface area contributed by atoms with Gasteiger partial charge in [-0.3, -0.25) is 14.5 Å². The molecule has 0 aliphatic carbocycles. The fourth-order valence-electron chi connectivity index (χ4n) is 1.68. The van der Waals surface area contributed by atoms with Crippen molar-refractivity contribution in [1.29, 1.82) is 0 Å². The average Bonchev–Trinajstić information content (AvgIpc) is 2.29. The molecule has 2 amide bonds. The Kier molecular flexibility index (Phi) is 8.20. The zero-order valence-electron chi connectivity index (χ0n) is 11.8. The Hall–Kier alpha value is -1.88. The van der Waals surface area contributed by atoms with Crippen molar-refractivity contribution < 1.29 is 9.59 Å². The Balaban J connectivity index is 0.00000154. The summed E-state index contributed by atoms with van der Waals surface area (Å²) >= 11 is 0. The highest BCUT2D eigenvalue weighted by Crippen LogP contribution is 2.07. The van der Waals surface area contributed by atoms with Crippen LogP contribution in [0.3, 0.4) is 0 Å². The van der Waals surface area contributed by atoms with E-state index in [4.69, 9.17) is 11.5 Å². The summed E-state index contributed by atoms with van der Waals surface area (Å²) < 4.78 is 0. The van der Waals surface area contributed by atoms with E-state index in [0.29, 0.717) is 6.54 Å². The smallest absolute Gasteiger partial charge is 0.231 e. The van der Waals surface area contributed by atoms with Crippen molar-refractivity contribution in [3.05, 3.63) is 35.4 Å². The molecule has 0 saturated heterocycles. The number of benzene rings is 1. The Morgan fingerprint density at radius 2 is 1.63 bits per heavy atom. The lowest BCUT2D eigenvalue weighted by Gasteiger charge is -2.19. The van der Waals surface area contributed by atoms with Gasteiger partial charge in [0.25, 0.3) is 0 Å². The molecule has 0 heterocycles. The molecule has 0 aliphatic rings. The van der Waals surface area contributed by atoms with E-state index >= 15 is 0 Å². The molecular formula is C14H23N3O2. The molecule has 0 radical (unpaired) electrons. The first-order valence-corrected chi connectivity index (χ1v) is 6.32. The summed E-state index contributed by atoms with van der Waals surface area (Å²) in [5, 5.41) is 0. The summed E-state index contributed by atoms with van der Waals surface area (Å²) in [6.07, 6.45) is 0. The highest BCUT2D eigenvalue weighted by atomic mass is 16.2. The van der Waals surface area contributed by atoms with Crippen LogP contribution in [0.4, 0.5) is 0 Å². The van der Waals surface area contributed by atoms with Gasteiger partial charge < -0.3 is 11.5 Å². The molecule has 1 rings (SSSR count). The predicted molar refractivity (Wildman–Crippen MR) is 76.2 cm³/mol. The van der Waals surface area contributed by atoms with Crippen LogP contribution in [0.25, 0.3) is 0 Å². The maximum absolute atomic E-state index is 10.9. The fraction of sp³-hybridized carbons (Fsp3) is 0.429. The minimum Gasteiger partial charge on any atom is -0.369 e. The monoisotopic (exact) mass is 265 g/mol. The minimum atomic E-state index is -0.473. The number of nitrogens with zero attached hydrogens (tertiary/aromatic N) is 1. The lowest BCUT2D eigenvalue weighted by atomic mass is 10.1. The highest BCUT2D eigenvalue weighted by molar-refractivity contribution is 5.79. The van der Waals surface area contributed by atoms with Crippen LogP contribution in [0.1, 0.15) is 25.0 Å². The van der Waals surface area contributed by atoms with Gasteiger partial charge in [0.1, 0.15) is 0 Å². The molecule has 0 atom stereocenters.